The molecule has 2 nitrogen and oxygen atoms in total. The van der Waals surface area contributed by atoms with Gasteiger partial charge in [0.15, 0.2) is 0 Å². The number of ether oxygens (including phenoxy) is 1. The van der Waals surface area contributed by atoms with Gasteiger partial charge in [-0.1, -0.05) is 32.4 Å². The Morgan fingerprint density at radius 3 is 2.95 bits per heavy atom. The van der Waals surface area contributed by atoms with Crippen molar-refractivity contribution >= 4 is 0 Å². The van der Waals surface area contributed by atoms with Gasteiger partial charge in [0, 0.05) is 18.5 Å². The standard InChI is InChI=1S/C17H25NO/c1-12(18-16-5-4-9-17(16,2)3)13-6-7-15-14(11-13)8-10-19-15/h6-7,11-12,16,18H,4-5,8-10H2,1-3H3. The van der Waals surface area contributed by atoms with Crippen LogP contribution in [0.1, 0.15) is 57.2 Å². The van der Waals surface area contributed by atoms with Crippen LogP contribution in [0.4, 0.5) is 0 Å². The third-order valence-corrected chi connectivity index (χ3v) is 4.92. The average molecular weight is 259 g/mol. The molecule has 1 heterocycles. The molecule has 2 heteroatoms. The van der Waals surface area contributed by atoms with E-state index in [1.165, 1.54) is 30.4 Å². The molecule has 1 saturated carbocycles. The second-order valence-corrected chi connectivity index (χ2v) is 6.79. The number of hydrogen-bond donors (Lipinski definition) is 1. The van der Waals surface area contributed by atoms with Gasteiger partial charge < -0.3 is 10.1 Å². The Labute approximate surface area is 116 Å². The fourth-order valence-corrected chi connectivity index (χ4v) is 3.51. The number of fused-ring (bicyclic) bond motifs is 1. The smallest absolute Gasteiger partial charge is 0.122 e. The van der Waals surface area contributed by atoms with Crippen LogP contribution >= 0.6 is 0 Å². The van der Waals surface area contributed by atoms with Crippen molar-refractivity contribution < 1.29 is 4.74 Å². The zero-order chi connectivity index (χ0) is 13.5. The monoisotopic (exact) mass is 259 g/mol. The highest BCUT2D eigenvalue weighted by molar-refractivity contribution is 5.40. The molecule has 1 fully saturated rings. The summed E-state index contributed by atoms with van der Waals surface area (Å²) >= 11 is 0. The summed E-state index contributed by atoms with van der Waals surface area (Å²) in [4.78, 5) is 0. The van der Waals surface area contributed by atoms with E-state index in [1.54, 1.807) is 0 Å². The third-order valence-electron chi connectivity index (χ3n) is 4.92. The molecule has 3 rings (SSSR count). The SMILES string of the molecule is CC(NC1CCCC1(C)C)c1ccc2c(c1)CCO2. The van der Waals surface area contributed by atoms with Crippen molar-refractivity contribution in [3.8, 4) is 5.75 Å². The summed E-state index contributed by atoms with van der Waals surface area (Å²) < 4.78 is 5.58. The van der Waals surface area contributed by atoms with E-state index < -0.39 is 0 Å². The molecule has 2 unspecified atom stereocenters. The van der Waals surface area contributed by atoms with Crippen LogP contribution in [-0.2, 0) is 6.42 Å². The van der Waals surface area contributed by atoms with Crippen molar-refractivity contribution in [3.05, 3.63) is 29.3 Å². The first kappa shape index (κ1) is 13.0. The first-order valence-corrected chi connectivity index (χ1v) is 7.58. The fourth-order valence-electron chi connectivity index (χ4n) is 3.51. The lowest BCUT2D eigenvalue weighted by Crippen LogP contribution is -2.39. The highest BCUT2D eigenvalue weighted by Gasteiger charge is 2.35. The first-order chi connectivity index (χ1) is 9.06. The first-order valence-electron chi connectivity index (χ1n) is 7.58. The molecule has 0 spiro atoms. The molecular formula is C17H25NO. The molecule has 0 saturated heterocycles. The maximum Gasteiger partial charge on any atom is 0.122 e. The van der Waals surface area contributed by atoms with Gasteiger partial charge in [-0.3, -0.25) is 0 Å². The third kappa shape index (κ3) is 2.51. The summed E-state index contributed by atoms with van der Waals surface area (Å²) in [6.45, 7) is 7.91. The van der Waals surface area contributed by atoms with Crippen molar-refractivity contribution in [2.45, 2.75) is 58.5 Å². The Bertz CT molecular complexity index is 466. The zero-order valence-corrected chi connectivity index (χ0v) is 12.3. The van der Waals surface area contributed by atoms with E-state index >= 15 is 0 Å². The zero-order valence-electron chi connectivity index (χ0n) is 12.3. The van der Waals surface area contributed by atoms with Crippen molar-refractivity contribution in [2.24, 2.45) is 5.41 Å². The molecule has 1 aromatic carbocycles. The van der Waals surface area contributed by atoms with Crippen molar-refractivity contribution in [3.63, 3.8) is 0 Å². The molecule has 0 bridgehead atoms. The largest absolute Gasteiger partial charge is 0.493 e. The van der Waals surface area contributed by atoms with Gasteiger partial charge in [-0.05, 0) is 42.4 Å². The van der Waals surface area contributed by atoms with E-state index in [-0.39, 0.29) is 0 Å². The number of hydrogen-bond acceptors (Lipinski definition) is 2. The minimum Gasteiger partial charge on any atom is -0.493 e. The Kier molecular flexibility index (Phi) is 3.30. The van der Waals surface area contributed by atoms with Gasteiger partial charge in [-0.15, -0.1) is 0 Å². The highest BCUT2D eigenvalue weighted by atomic mass is 16.5. The summed E-state index contributed by atoms with van der Waals surface area (Å²) in [5, 5.41) is 3.84. The van der Waals surface area contributed by atoms with Crippen molar-refractivity contribution in [2.75, 3.05) is 6.61 Å². The molecule has 19 heavy (non-hydrogen) atoms. The highest BCUT2D eigenvalue weighted by Crippen LogP contribution is 2.38. The topological polar surface area (TPSA) is 21.3 Å². The molecule has 1 aliphatic carbocycles. The van der Waals surface area contributed by atoms with Gasteiger partial charge in [-0.2, -0.15) is 0 Å². The van der Waals surface area contributed by atoms with E-state index in [0.29, 0.717) is 17.5 Å². The van der Waals surface area contributed by atoms with Crippen LogP contribution in [0.3, 0.4) is 0 Å². The lowest BCUT2D eigenvalue weighted by molar-refractivity contribution is 0.266. The van der Waals surface area contributed by atoms with Gasteiger partial charge in [0.2, 0.25) is 0 Å². The molecule has 0 amide bonds. The van der Waals surface area contributed by atoms with Crippen LogP contribution in [0.25, 0.3) is 0 Å². The van der Waals surface area contributed by atoms with Gasteiger partial charge in [0.1, 0.15) is 5.75 Å². The van der Waals surface area contributed by atoms with E-state index in [0.717, 1.165) is 18.8 Å². The van der Waals surface area contributed by atoms with Crippen LogP contribution in [0.15, 0.2) is 18.2 Å². The quantitative estimate of drug-likeness (QED) is 0.890. The normalized spacial score (nSPS) is 25.9. The molecule has 0 aromatic heterocycles. The molecule has 1 N–H and O–H groups in total. The van der Waals surface area contributed by atoms with Crippen LogP contribution in [-0.4, -0.2) is 12.6 Å². The van der Waals surface area contributed by atoms with E-state index in [1.807, 2.05) is 0 Å². The Morgan fingerprint density at radius 2 is 2.21 bits per heavy atom. The average Bonchev–Trinajstić information content (AvgIpc) is 2.95. The fraction of sp³-hybridized carbons (Fsp3) is 0.647. The van der Waals surface area contributed by atoms with E-state index in [4.69, 9.17) is 4.74 Å². The Morgan fingerprint density at radius 1 is 1.37 bits per heavy atom. The molecule has 2 aliphatic rings. The number of nitrogens with one attached hydrogen (secondary N) is 1. The second kappa shape index (κ2) is 4.82. The summed E-state index contributed by atoms with van der Waals surface area (Å²) in [7, 11) is 0. The lowest BCUT2D eigenvalue weighted by Gasteiger charge is -2.31. The van der Waals surface area contributed by atoms with Crippen LogP contribution in [0.5, 0.6) is 5.75 Å². The summed E-state index contributed by atoms with van der Waals surface area (Å²) in [5.41, 5.74) is 3.21. The molecule has 104 valence electrons. The van der Waals surface area contributed by atoms with Crippen LogP contribution in [0.2, 0.25) is 0 Å². The summed E-state index contributed by atoms with van der Waals surface area (Å²) in [6.07, 6.45) is 5.07. The summed E-state index contributed by atoms with van der Waals surface area (Å²) in [6, 6.07) is 7.74. The minimum absolute atomic E-state index is 0.424. The maximum absolute atomic E-state index is 5.58. The predicted molar refractivity (Wildman–Crippen MR) is 78.6 cm³/mol. The predicted octanol–water partition coefficient (Wildman–Crippen LogP) is 3.85. The van der Waals surface area contributed by atoms with Gasteiger partial charge in [-0.25, -0.2) is 0 Å². The molecule has 1 aromatic rings. The van der Waals surface area contributed by atoms with E-state index in [9.17, 15) is 0 Å². The number of rotatable bonds is 3. The van der Waals surface area contributed by atoms with E-state index in [2.05, 4.69) is 44.3 Å². The van der Waals surface area contributed by atoms with Gasteiger partial charge in [0.05, 0.1) is 6.61 Å². The molecule has 1 aliphatic heterocycles. The molecular weight excluding hydrogens is 234 g/mol. The van der Waals surface area contributed by atoms with Crippen LogP contribution < -0.4 is 10.1 Å². The van der Waals surface area contributed by atoms with Crippen LogP contribution in [0, 0.1) is 5.41 Å². The second-order valence-electron chi connectivity index (χ2n) is 6.79. The lowest BCUT2D eigenvalue weighted by atomic mass is 9.86. The van der Waals surface area contributed by atoms with Crippen molar-refractivity contribution in [1.82, 2.24) is 5.32 Å². The maximum atomic E-state index is 5.58. The Balaban J connectivity index is 1.72. The van der Waals surface area contributed by atoms with Gasteiger partial charge >= 0.3 is 0 Å². The Hall–Kier alpha value is -1.02. The minimum atomic E-state index is 0.424. The molecule has 2 atom stereocenters. The number of benzene rings is 1. The van der Waals surface area contributed by atoms with Crippen molar-refractivity contribution in [1.29, 1.82) is 0 Å². The van der Waals surface area contributed by atoms with Gasteiger partial charge in [0.25, 0.3) is 0 Å². The summed E-state index contributed by atoms with van der Waals surface area (Å²) in [5.74, 6) is 1.08. The molecule has 0 radical (unpaired) electrons.